The molecular formula is C20H19ClN4O4S. The molecule has 0 atom stereocenters. The number of anilines is 2. The predicted molar refractivity (Wildman–Crippen MR) is 115 cm³/mol. The van der Waals surface area contributed by atoms with Gasteiger partial charge in [0.2, 0.25) is 15.9 Å². The van der Waals surface area contributed by atoms with Crippen LogP contribution in [0.2, 0.25) is 5.02 Å². The van der Waals surface area contributed by atoms with Gasteiger partial charge in [-0.1, -0.05) is 23.6 Å². The number of terminal acetylenes is 1. The number of rotatable bonds is 6. The van der Waals surface area contributed by atoms with Crippen LogP contribution in [-0.2, 0) is 14.8 Å². The van der Waals surface area contributed by atoms with Gasteiger partial charge in [0.25, 0.3) is 5.91 Å². The first kappa shape index (κ1) is 21.6. The van der Waals surface area contributed by atoms with Crippen LogP contribution in [-0.4, -0.2) is 46.4 Å². The van der Waals surface area contributed by atoms with Crippen LogP contribution in [0.5, 0.6) is 0 Å². The maximum absolute atomic E-state index is 12.6. The largest absolute Gasteiger partial charge is 0.359 e. The standard InChI is InChI=1S/C20H19ClN4O4S/c1-2-8-23-30(28,29)16-5-3-4-14(11-16)20(27)24-15-6-7-18(17(21)12-15)25-10-9-22-19(26)13-25/h1,3-7,11-12,23H,8-10,13H2,(H,22,26)(H,24,27). The smallest absolute Gasteiger partial charge is 0.255 e. The summed E-state index contributed by atoms with van der Waals surface area (Å²) in [5, 5.41) is 5.82. The SMILES string of the molecule is C#CCNS(=O)(=O)c1cccc(C(=O)Nc2ccc(N3CCNC(=O)C3)c(Cl)c2)c1. The monoisotopic (exact) mass is 446 g/mol. The second-order valence-electron chi connectivity index (χ2n) is 6.45. The van der Waals surface area contributed by atoms with Gasteiger partial charge < -0.3 is 15.5 Å². The van der Waals surface area contributed by atoms with Crippen LogP contribution < -0.4 is 20.3 Å². The van der Waals surface area contributed by atoms with E-state index in [0.29, 0.717) is 29.5 Å². The molecule has 10 heteroatoms. The number of hydrogen-bond donors (Lipinski definition) is 3. The predicted octanol–water partition coefficient (Wildman–Crippen LogP) is 1.44. The van der Waals surface area contributed by atoms with Gasteiger partial charge in [-0.05, 0) is 36.4 Å². The molecule has 30 heavy (non-hydrogen) atoms. The van der Waals surface area contributed by atoms with E-state index >= 15 is 0 Å². The van der Waals surface area contributed by atoms with Gasteiger partial charge in [-0.3, -0.25) is 9.59 Å². The Hall–Kier alpha value is -3.06. The van der Waals surface area contributed by atoms with Crippen LogP contribution in [0.1, 0.15) is 10.4 Å². The lowest BCUT2D eigenvalue weighted by Crippen LogP contribution is -2.47. The van der Waals surface area contributed by atoms with Crippen molar-refractivity contribution in [3.8, 4) is 12.3 Å². The number of carbonyl (C=O) groups excluding carboxylic acids is 2. The van der Waals surface area contributed by atoms with Crippen LogP contribution in [0.4, 0.5) is 11.4 Å². The van der Waals surface area contributed by atoms with Gasteiger partial charge in [-0.25, -0.2) is 8.42 Å². The number of hydrogen-bond acceptors (Lipinski definition) is 5. The Morgan fingerprint density at radius 2 is 2.07 bits per heavy atom. The minimum Gasteiger partial charge on any atom is -0.359 e. The second kappa shape index (κ2) is 9.17. The fraction of sp³-hybridized carbons (Fsp3) is 0.200. The van der Waals surface area contributed by atoms with Gasteiger partial charge >= 0.3 is 0 Å². The van der Waals surface area contributed by atoms with Gasteiger partial charge in [-0.2, -0.15) is 4.72 Å². The van der Waals surface area contributed by atoms with E-state index in [1.54, 1.807) is 18.2 Å². The summed E-state index contributed by atoms with van der Waals surface area (Å²) in [6, 6.07) is 10.6. The summed E-state index contributed by atoms with van der Waals surface area (Å²) < 4.78 is 26.6. The number of nitrogens with zero attached hydrogens (tertiary/aromatic N) is 1. The quantitative estimate of drug-likeness (QED) is 0.582. The third-order valence-corrected chi connectivity index (χ3v) is 6.06. The van der Waals surface area contributed by atoms with Crippen molar-refractivity contribution < 1.29 is 18.0 Å². The number of sulfonamides is 1. The summed E-state index contributed by atoms with van der Waals surface area (Å²) in [5.41, 5.74) is 1.29. The average molecular weight is 447 g/mol. The molecule has 1 aliphatic heterocycles. The summed E-state index contributed by atoms with van der Waals surface area (Å²) in [6.07, 6.45) is 5.08. The number of carbonyl (C=O) groups is 2. The van der Waals surface area contributed by atoms with Crippen LogP contribution in [0.3, 0.4) is 0 Å². The Morgan fingerprint density at radius 1 is 1.27 bits per heavy atom. The lowest BCUT2D eigenvalue weighted by atomic mass is 10.2. The molecule has 0 radical (unpaired) electrons. The third-order valence-electron chi connectivity index (χ3n) is 4.36. The number of piperazine rings is 1. The molecule has 8 nitrogen and oxygen atoms in total. The molecule has 0 spiro atoms. The van der Waals surface area contributed by atoms with E-state index in [-0.39, 0.29) is 29.5 Å². The first-order valence-electron chi connectivity index (χ1n) is 8.96. The molecule has 0 aromatic heterocycles. The van der Waals surface area contributed by atoms with Gasteiger partial charge in [0.05, 0.1) is 28.7 Å². The molecule has 2 aromatic carbocycles. The van der Waals surface area contributed by atoms with Gasteiger partial charge in [-0.15, -0.1) is 6.42 Å². The van der Waals surface area contributed by atoms with Crippen molar-refractivity contribution in [2.24, 2.45) is 0 Å². The minimum absolute atomic E-state index is 0.0674. The zero-order valence-corrected chi connectivity index (χ0v) is 17.4. The van der Waals surface area contributed by atoms with Crippen molar-refractivity contribution >= 4 is 44.8 Å². The van der Waals surface area contributed by atoms with Crippen molar-refractivity contribution in [3.63, 3.8) is 0 Å². The lowest BCUT2D eigenvalue weighted by Gasteiger charge is -2.29. The van der Waals surface area contributed by atoms with E-state index in [2.05, 4.69) is 21.3 Å². The molecule has 0 bridgehead atoms. The molecule has 1 heterocycles. The fourth-order valence-electron chi connectivity index (χ4n) is 2.91. The number of benzene rings is 2. The summed E-state index contributed by atoms with van der Waals surface area (Å²) in [4.78, 5) is 25.9. The van der Waals surface area contributed by atoms with Crippen molar-refractivity contribution in [1.82, 2.24) is 10.0 Å². The molecule has 0 unspecified atom stereocenters. The molecule has 1 fully saturated rings. The number of nitrogens with one attached hydrogen (secondary N) is 3. The molecule has 2 amide bonds. The molecule has 156 valence electrons. The fourth-order valence-corrected chi connectivity index (χ4v) is 4.19. The van der Waals surface area contributed by atoms with Crippen molar-refractivity contribution in [2.45, 2.75) is 4.90 Å². The third kappa shape index (κ3) is 5.10. The van der Waals surface area contributed by atoms with E-state index < -0.39 is 15.9 Å². The lowest BCUT2D eigenvalue weighted by molar-refractivity contribution is -0.120. The molecule has 1 saturated heterocycles. The van der Waals surface area contributed by atoms with E-state index in [9.17, 15) is 18.0 Å². The molecule has 1 aliphatic rings. The first-order chi connectivity index (χ1) is 14.3. The highest BCUT2D eigenvalue weighted by Crippen LogP contribution is 2.29. The van der Waals surface area contributed by atoms with E-state index in [1.807, 2.05) is 4.90 Å². The zero-order valence-electron chi connectivity index (χ0n) is 15.8. The second-order valence-corrected chi connectivity index (χ2v) is 8.62. The van der Waals surface area contributed by atoms with Crippen LogP contribution in [0, 0.1) is 12.3 Å². The molecule has 3 N–H and O–H groups in total. The average Bonchev–Trinajstić information content (AvgIpc) is 2.72. The van der Waals surface area contributed by atoms with Gasteiger partial charge in [0.1, 0.15) is 0 Å². The molecule has 0 saturated carbocycles. The normalized spacial score (nSPS) is 14.0. The highest BCUT2D eigenvalue weighted by Gasteiger charge is 2.19. The Labute approximate surface area is 179 Å². The first-order valence-corrected chi connectivity index (χ1v) is 10.8. The number of amides is 2. The Bertz CT molecular complexity index is 1130. The van der Waals surface area contributed by atoms with Crippen molar-refractivity contribution in [3.05, 3.63) is 53.1 Å². The van der Waals surface area contributed by atoms with Gasteiger partial charge in [0.15, 0.2) is 0 Å². The van der Waals surface area contributed by atoms with Gasteiger partial charge in [0, 0.05) is 24.3 Å². The van der Waals surface area contributed by atoms with E-state index in [1.165, 1.54) is 24.3 Å². The topological polar surface area (TPSA) is 108 Å². The molecule has 3 rings (SSSR count). The minimum atomic E-state index is -3.81. The van der Waals surface area contributed by atoms with Crippen LogP contribution in [0.25, 0.3) is 0 Å². The van der Waals surface area contributed by atoms with Crippen molar-refractivity contribution in [1.29, 1.82) is 0 Å². The summed E-state index contributed by atoms with van der Waals surface area (Å²) >= 11 is 6.35. The Balaban J connectivity index is 1.75. The Kier molecular flexibility index (Phi) is 6.62. The van der Waals surface area contributed by atoms with E-state index in [0.717, 1.165) is 0 Å². The zero-order chi connectivity index (χ0) is 21.7. The molecule has 2 aromatic rings. The van der Waals surface area contributed by atoms with Crippen LogP contribution in [0.15, 0.2) is 47.4 Å². The maximum atomic E-state index is 12.6. The van der Waals surface area contributed by atoms with Crippen molar-refractivity contribution in [2.75, 3.05) is 36.4 Å². The highest BCUT2D eigenvalue weighted by molar-refractivity contribution is 7.89. The van der Waals surface area contributed by atoms with Crippen LogP contribution >= 0.6 is 11.6 Å². The van der Waals surface area contributed by atoms with E-state index in [4.69, 9.17) is 18.0 Å². The summed E-state index contributed by atoms with van der Waals surface area (Å²) in [6.45, 7) is 1.22. The maximum Gasteiger partial charge on any atom is 0.255 e. The molecule has 0 aliphatic carbocycles. The molecular weight excluding hydrogens is 428 g/mol. The highest BCUT2D eigenvalue weighted by atomic mass is 35.5. The Morgan fingerprint density at radius 3 is 2.77 bits per heavy atom. The summed E-state index contributed by atoms with van der Waals surface area (Å²) in [5.74, 6) is 1.61. The number of halogens is 1. The summed E-state index contributed by atoms with van der Waals surface area (Å²) in [7, 11) is -3.81.